The van der Waals surface area contributed by atoms with Gasteiger partial charge < -0.3 is 10.4 Å². The van der Waals surface area contributed by atoms with Crippen LogP contribution in [0.1, 0.15) is 43.0 Å². The number of anilines is 1. The molecule has 114 valence electrons. The van der Waals surface area contributed by atoms with E-state index < -0.39 is 28.0 Å². The van der Waals surface area contributed by atoms with Gasteiger partial charge in [0.15, 0.2) is 0 Å². The molecule has 2 rings (SSSR count). The standard InChI is InChI=1S/C14H17FN2O4/c1-8-4-2-3-5-11(8)16-12-6-9(14(18)19)10(15)7-13(12)17(20)21/h6-8,11,16H,2-5H2,1H3,(H,18,19). The predicted octanol–water partition coefficient (Wildman–Crippen LogP) is 3.42. The van der Waals surface area contributed by atoms with Gasteiger partial charge in [-0.2, -0.15) is 0 Å². The monoisotopic (exact) mass is 296 g/mol. The molecule has 2 N–H and O–H groups in total. The van der Waals surface area contributed by atoms with Crippen molar-refractivity contribution in [2.45, 2.75) is 38.6 Å². The Bertz CT molecular complexity index is 576. The van der Waals surface area contributed by atoms with Gasteiger partial charge in [-0.15, -0.1) is 0 Å². The molecule has 1 aliphatic rings. The summed E-state index contributed by atoms with van der Waals surface area (Å²) in [6.07, 6.45) is 4.00. The zero-order chi connectivity index (χ0) is 15.6. The zero-order valence-corrected chi connectivity index (χ0v) is 11.6. The lowest BCUT2D eigenvalue weighted by atomic mass is 9.86. The molecule has 0 amide bonds. The number of carboxylic acid groups (broad SMARTS) is 1. The number of carboxylic acids is 1. The summed E-state index contributed by atoms with van der Waals surface area (Å²) in [5, 5.41) is 23.0. The van der Waals surface area contributed by atoms with Crippen molar-refractivity contribution in [2.75, 3.05) is 5.32 Å². The Balaban J connectivity index is 2.37. The van der Waals surface area contributed by atoms with E-state index in [1.165, 1.54) is 0 Å². The van der Waals surface area contributed by atoms with Gasteiger partial charge in [-0.05, 0) is 24.8 Å². The van der Waals surface area contributed by atoms with E-state index in [9.17, 15) is 19.3 Å². The summed E-state index contributed by atoms with van der Waals surface area (Å²) < 4.78 is 13.6. The van der Waals surface area contributed by atoms with E-state index in [2.05, 4.69) is 5.32 Å². The lowest BCUT2D eigenvalue weighted by Crippen LogP contribution is -2.30. The third-order valence-electron chi connectivity index (χ3n) is 3.96. The number of nitrogens with zero attached hydrogens (tertiary/aromatic N) is 1. The third-order valence-corrected chi connectivity index (χ3v) is 3.96. The smallest absolute Gasteiger partial charge is 0.338 e. The van der Waals surface area contributed by atoms with E-state index >= 15 is 0 Å². The van der Waals surface area contributed by atoms with Crippen LogP contribution in [0.4, 0.5) is 15.8 Å². The summed E-state index contributed by atoms with van der Waals surface area (Å²) in [6.45, 7) is 2.05. The van der Waals surface area contributed by atoms with Crippen LogP contribution < -0.4 is 5.32 Å². The molecule has 1 saturated carbocycles. The quantitative estimate of drug-likeness (QED) is 0.656. The average Bonchev–Trinajstić information content (AvgIpc) is 2.42. The largest absolute Gasteiger partial charge is 0.478 e. The molecule has 1 fully saturated rings. The number of nitrogens with one attached hydrogen (secondary N) is 1. The number of aromatic carboxylic acids is 1. The highest BCUT2D eigenvalue weighted by Crippen LogP contribution is 2.32. The van der Waals surface area contributed by atoms with Crippen molar-refractivity contribution in [3.8, 4) is 0 Å². The molecule has 1 aromatic rings. The molecule has 0 spiro atoms. The first-order chi connectivity index (χ1) is 9.90. The van der Waals surface area contributed by atoms with E-state index in [0.717, 1.165) is 31.7 Å². The van der Waals surface area contributed by atoms with Crippen molar-refractivity contribution in [1.82, 2.24) is 0 Å². The molecule has 0 aliphatic heterocycles. The maximum atomic E-state index is 13.6. The van der Waals surface area contributed by atoms with Gasteiger partial charge in [0.25, 0.3) is 5.69 Å². The molecule has 2 atom stereocenters. The first-order valence-electron chi connectivity index (χ1n) is 6.88. The minimum atomic E-state index is -1.44. The number of rotatable bonds is 4. The van der Waals surface area contributed by atoms with Gasteiger partial charge in [-0.1, -0.05) is 19.8 Å². The van der Waals surface area contributed by atoms with Gasteiger partial charge >= 0.3 is 5.97 Å². The lowest BCUT2D eigenvalue weighted by Gasteiger charge is -2.30. The number of benzene rings is 1. The van der Waals surface area contributed by atoms with E-state index in [1.807, 2.05) is 6.92 Å². The number of hydrogen-bond donors (Lipinski definition) is 2. The third kappa shape index (κ3) is 3.29. The Labute approximate surface area is 121 Å². The Morgan fingerprint density at radius 3 is 2.67 bits per heavy atom. The Hall–Kier alpha value is -2.18. The zero-order valence-electron chi connectivity index (χ0n) is 11.6. The van der Waals surface area contributed by atoms with Crippen LogP contribution >= 0.6 is 0 Å². The van der Waals surface area contributed by atoms with E-state index in [-0.39, 0.29) is 11.7 Å². The second-order valence-electron chi connectivity index (χ2n) is 5.42. The Morgan fingerprint density at radius 2 is 2.10 bits per heavy atom. The fourth-order valence-corrected chi connectivity index (χ4v) is 2.72. The summed E-state index contributed by atoms with van der Waals surface area (Å²) >= 11 is 0. The van der Waals surface area contributed by atoms with Crippen LogP contribution in [0.15, 0.2) is 12.1 Å². The molecule has 7 heteroatoms. The van der Waals surface area contributed by atoms with Crippen LogP contribution in [-0.2, 0) is 0 Å². The highest BCUT2D eigenvalue weighted by atomic mass is 19.1. The first kappa shape index (κ1) is 15.2. The highest BCUT2D eigenvalue weighted by Gasteiger charge is 2.26. The van der Waals surface area contributed by atoms with Crippen molar-refractivity contribution in [2.24, 2.45) is 5.92 Å². The van der Waals surface area contributed by atoms with Crippen LogP contribution in [0.3, 0.4) is 0 Å². The maximum Gasteiger partial charge on any atom is 0.338 e. The number of halogens is 1. The summed E-state index contributed by atoms with van der Waals surface area (Å²) in [7, 11) is 0. The molecule has 6 nitrogen and oxygen atoms in total. The van der Waals surface area contributed by atoms with Crippen molar-refractivity contribution in [3.63, 3.8) is 0 Å². The lowest BCUT2D eigenvalue weighted by molar-refractivity contribution is -0.384. The SMILES string of the molecule is CC1CCCCC1Nc1cc(C(=O)O)c(F)cc1[N+](=O)[O-]. The maximum absolute atomic E-state index is 13.6. The van der Waals surface area contributed by atoms with Gasteiger partial charge in [0.05, 0.1) is 16.6 Å². The molecule has 1 aliphatic carbocycles. The molecule has 1 aromatic carbocycles. The Kier molecular flexibility index (Phi) is 4.40. The fourth-order valence-electron chi connectivity index (χ4n) is 2.72. The fraction of sp³-hybridized carbons (Fsp3) is 0.500. The van der Waals surface area contributed by atoms with Gasteiger partial charge in [0, 0.05) is 6.04 Å². The molecule has 0 bridgehead atoms. The van der Waals surface area contributed by atoms with E-state index in [4.69, 9.17) is 5.11 Å². The summed E-state index contributed by atoms with van der Waals surface area (Å²) in [4.78, 5) is 21.3. The van der Waals surface area contributed by atoms with Crippen LogP contribution in [-0.4, -0.2) is 22.0 Å². The number of nitro benzene ring substituents is 1. The normalized spacial score (nSPS) is 21.8. The second-order valence-corrected chi connectivity index (χ2v) is 5.42. The summed E-state index contributed by atoms with van der Waals surface area (Å²) in [5.41, 5.74) is -0.931. The molecule has 0 radical (unpaired) electrons. The predicted molar refractivity (Wildman–Crippen MR) is 75.1 cm³/mol. The molecular formula is C14H17FN2O4. The van der Waals surface area contributed by atoms with Crippen molar-refractivity contribution >= 4 is 17.3 Å². The number of hydrogen-bond acceptors (Lipinski definition) is 4. The average molecular weight is 296 g/mol. The summed E-state index contributed by atoms with van der Waals surface area (Å²) in [5.74, 6) is -2.21. The first-order valence-corrected chi connectivity index (χ1v) is 6.88. The number of carbonyl (C=O) groups is 1. The van der Waals surface area contributed by atoms with Crippen molar-refractivity contribution in [3.05, 3.63) is 33.6 Å². The van der Waals surface area contributed by atoms with E-state index in [0.29, 0.717) is 12.0 Å². The Morgan fingerprint density at radius 1 is 1.43 bits per heavy atom. The van der Waals surface area contributed by atoms with Gasteiger partial charge in [-0.3, -0.25) is 10.1 Å². The van der Waals surface area contributed by atoms with Gasteiger partial charge in [-0.25, -0.2) is 9.18 Å². The minimum absolute atomic E-state index is 0.0320. The second kappa shape index (κ2) is 6.07. The molecular weight excluding hydrogens is 279 g/mol. The highest BCUT2D eigenvalue weighted by molar-refractivity contribution is 5.90. The molecule has 0 heterocycles. The molecule has 0 saturated heterocycles. The molecule has 2 unspecified atom stereocenters. The van der Waals surface area contributed by atoms with E-state index in [1.54, 1.807) is 0 Å². The van der Waals surface area contributed by atoms with Crippen LogP contribution in [0.2, 0.25) is 0 Å². The number of nitro groups is 1. The summed E-state index contributed by atoms with van der Waals surface area (Å²) in [6, 6.07) is 1.71. The molecule has 0 aromatic heterocycles. The van der Waals surface area contributed by atoms with Crippen molar-refractivity contribution in [1.29, 1.82) is 0 Å². The van der Waals surface area contributed by atoms with Crippen molar-refractivity contribution < 1.29 is 19.2 Å². The van der Waals surface area contributed by atoms with Gasteiger partial charge in [0.2, 0.25) is 0 Å². The molecule has 21 heavy (non-hydrogen) atoms. The minimum Gasteiger partial charge on any atom is -0.478 e. The van der Waals surface area contributed by atoms with Crippen LogP contribution in [0.5, 0.6) is 0 Å². The van der Waals surface area contributed by atoms with Gasteiger partial charge in [0.1, 0.15) is 11.5 Å². The van der Waals surface area contributed by atoms with Crippen LogP contribution in [0, 0.1) is 21.8 Å². The topological polar surface area (TPSA) is 92.5 Å². The van der Waals surface area contributed by atoms with Crippen LogP contribution in [0.25, 0.3) is 0 Å².